The zero-order chi connectivity index (χ0) is 16.3. The lowest BCUT2D eigenvalue weighted by Crippen LogP contribution is -2.40. The fraction of sp³-hybridized carbons (Fsp3) is 0.462. The lowest BCUT2D eigenvalue weighted by atomic mass is 10.2. The zero-order valence-corrected chi connectivity index (χ0v) is 11.9. The molecule has 0 fully saturated rings. The van der Waals surface area contributed by atoms with Crippen LogP contribution in [0.4, 0.5) is 13.2 Å². The quantitative estimate of drug-likeness (QED) is 0.910. The Bertz CT molecular complexity index is 603. The third kappa shape index (κ3) is 3.80. The third-order valence-corrected chi connectivity index (χ3v) is 3.22. The van der Waals surface area contributed by atoms with E-state index < -0.39 is 24.9 Å². The van der Waals surface area contributed by atoms with Crippen LogP contribution in [0.15, 0.2) is 29.0 Å². The number of hydrogen-bond acceptors (Lipinski definition) is 6. The maximum Gasteiger partial charge on any atom is 0.415 e. The molecule has 0 amide bonds. The topological polar surface area (TPSA) is 75.3 Å². The Balaban J connectivity index is 2.07. The minimum absolute atomic E-state index is 0.163. The molecule has 2 aromatic heterocycles. The summed E-state index contributed by atoms with van der Waals surface area (Å²) in [7, 11) is 1.44. The Morgan fingerprint density at radius 2 is 2.14 bits per heavy atom. The van der Waals surface area contributed by atoms with Gasteiger partial charge in [-0.1, -0.05) is 5.16 Å². The highest BCUT2D eigenvalue weighted by Gasteiger charge is 2.39. The SMILES string of the molecule is CC(c1nc(-c2cccnc2)no1)N(C)CC(O)C(F)(F)F. The Morgan fingerprint density at radius 1 is 1.41 bits per heavy atom. The van der Waals surface area contributed by atoms with Gasteiger partial charge in [0.2, 0.25) is 11.7 Å². The summed E-state index contributed by atoms with van der Waals surface area (Å²) in [4.78, 5) is 9.37. The van der Waals surface area contributed by atoms with Crippen molar-refractivity contribution in [3.8, 4) is 11.4 Å². The standard InChI is InChI=1S/C13H15F3N4O2/c1-8(20(2)7-10(21)13(14,15)16)12-18-11(19-22-12)9-4-3-5-17-6-9/h3-6,8,10,21H,7H2,1-2H3. The van der Waals surface area contributed by atoms with Crippen LogP contribution in [0.25, 0.3) is 11.4 Å². The second-order valence-electron chi connectivity index (χ2n) is 4.87. The van der Waals surface area contributed by atoms with E-state index in [1.54, 1.807) is 31.5 Å². The van der Waals surface area contributed by atoms with Gasteiger partial charge >= 0.3 is 6.18 Å². The lowest BCUT2D eigenvalue weighted by Gasteiger charge is -2.25. The summed E-state index contributed by atoms with van der Waals surface area (Å²) in [5, 5.41) is 12.9. The maximum atomic E-state index is 12.4. The largest absolute Gasteiger partial charge is 0.415 e. The van der Waals surface area contributed by atoms with Crippen molar-refractivity contribution in [2.45, 2.75) is 25.2 Å². The number of pyridine rings is 1. The number of aliphatic hydroxyl groups is 1. The van der Waals surface area contributed by atoms with Crippen molar-refractivity contribution in [2.75, 3.05) is 13.6 Å². The molecule has 2 aromatic rings. The highest BCUT2D eigenvalue weighted by molar-refractivity contribution is 5.51. The predicted molar refractivity (Wildman–Crippen MR) is 70.6 cm³/mol. The van der Waals surface area contributed by atoms with E-state index in [1.165, 1.54) is 11.9 Å². The van der Waals surface area contributed by atoms with E-state index in [0.717, 1.165) is 0 Å². The molecule has 6 nitrogen and oxygen atoms in total. The molecular formula is C13H15F3N4O2. The normalized spacial score (nSPS) is 15.0. The molecule has 0 saturated carbocycles. The molecule has 0 aliphatic carbocycles. The lowest BCUT2D eigenvalue weighted by molar-refractivity contribution is -0.208. The predicted octanol–water partition coefficient (Wildman–Crippen LogP) is 2.05. The smallest absolute Gasteiger partial charge is 0.382 e. The first kappa shape index (κ1) is 16.4. The fourth-order valence-corrected chi connectivity index (χ4v) is 1.74. The average molecular weight is 316 g/mol. The van der Waals surface area contributed by atoms with Gasteiger partial charge in [-0.15, -0.1) is 0 Å². The Morgan fingerprint density at radius 3 is 2.73 bits per heavy atom. The van der Waals surface area contributed by atoms with Crippen molar-refractivity contribution in [1.82, 2.24) is 20.0 Å². The number of halogens is 3. The third-order valence-electron chi connectivity index (χ3n) is 3.22. The highest BCUT2D eigenvalue weighted by Crippen LogP contribution is 2.25. The number of nitrogens with zero attached hydrogens (tertiary/aromatic N) is 4. The van der Waals surface area contributed by atoms with Crippen molar-refractivity contribution in [3.63, 3.8) is 0 Å². The van der Waals surface area contributed by atoms with Crippen LogP contribution >= 0.6 is 0 Å². The van der Waals surface area contributed by atoms with Gasteiger partial charge in [0.05, 0.1) is 6.04 Å². The van der Waals surface area contributed by atoms with E-state index in [9.17, 15) is 13.2 Å². The zero-order valence-electron chi connectivity index (χ0n) is 11.9. The molecule has 0 aromatic carbocycles. The molecule has 0 bridgehead atoms. The Labute approximate surface area is 124 Å². The minimum atomic E-state index is -4.66. The van der Waals surface area contributed by atoms with Crippen LogP contribution in [-0.2, 0) is 0 Å². The summed E-state index contributed by atoms with van der Waals surface area (Å²) in [5.41, 5.74) is 0.641. The van der Waals surface area contributed by atoms with Crippen LogP contribution < -0.4 is 0 Å². The number of rotatable bonds is 5. The van der Waals surface area contributed by atoms with Crippen LogP contribution in [-0.4, -0.2) is 51.0 Å². The molecule has 0 spiro atoms. The van der Waals surface area contributed by atoms with Gasteiger partial charge in [-0.3, -0.25) is 9.88 Å². The molecule has 22 heavy (non-hydrogen) atoms. The van der Waals surface area contributed by atoms with Gasteiger partial charge in [-0.05, 0) is 26.1 Å². The van der Waals surface area contributed by atoms with E-state index in [2.05, 4.69) is 15.1 Å². The van der Waals surface area contributed by atoms with Crippen molar-refractivity contribution < 1.29 is 22.8 Å². The first-order valence-electron chi connectivity index (χ1n) is 6.48. The van der Waals surface area contributed by atoms with Crippen LogP contribution in [0.3, 0.4) is 0 Å². The molecular weight excluding hydrogens is 301 g/mol. The highest BCUT2D eigenvalue weighted by atomic mass is 19.4. The summed E-state index contributed by atoms with van der Waals surface area (Å²) in [6.07, 6.45) is -3.94. The number of aromatic nitrogens is 3. The van der Waals surface area contributed by atoms with Gasteiger partial charge < -0.3 is 9.63 Å². The molecule has 0 radical (unpaired) electrons. The Hall–Kier alpha value is -2.00. The maximum absolute atomic E-state index is 12.4. The number of aliphatic hydroxyl groups excluding tert-OH is 1. The molecule has 2 unspecified atom stereocenters. The molecule has 0 saturated heterocycles. The van der Waals surface area contributed by atoms with Gasteiger partial charge in [-0.2, -0.15) is 18.2 Å². The van der Waals surface area contributed by atoms with Gasteiger partial charge in [0.25, 0.3) is 0 Å². The molecule has 9 heteroatoms. The van der Waals surface area contributed by atoms with E-state index in [0.29, 0.717) is 11.4 Å². The summed E-state index contributed by atoms with van der Waals surface area (Å²) in [5.74, 6) is 0.468. The van der Waals surface area contributed by atoms with Crippen LogP contribution in [0.5, 0.6) is 0 Å². The summed E-state index contributed by atoms with van der Waals surface area (Å²) < 4.78 is 42.2. The van der Waals surface area contributed by atoms with Gasteiger partial charge in [0.15, 0.2) is 6.10 Å². The first-order chi connectivity index (χ1) is 10.3. The number of likely N-dealkylation sites (N-methyl/N-ethyl adjacent to an activating group) is 1. The molecule has 2 heterocycles. The molecule has 120 valence electrons. The Kier molecular flexibility index (Phi) is 4.77. The monoisotopic (exact) mass is 316 g/mol. The fourth-order valence-electron chi connectivity index (χ4n) is 1.74. The summed E-state index contributed by atoms with van der Waals surface area (Å²) in [6.45, 7) is 1.03. The van der Waals surface area contributed by atoms with Crippen molar-refractivity contribution in [3.05, 3.63) is 30.4 Å². The number of alkyl halides is 3. The molecule has 2 atom stereocenters. The van der Waals surface area contributed by atoms with E-state index >= 15 is 0 Å². The van der Waals surface area contributed by atoms with Gasteiger partial charge in [0, 0.05) is 24.5 Å². The van der Waals surface area contributed by atoms with Crippen molar-refractivity contribution in [1.29, 1.82) is 0 Å². The van der Waals surface area contributed by atoms with Gasteiger partial charge in [-0.25, -0.2) is 0 Å². The van der Waals surface area contributed by atoms with Crippen LogP contribution in [0.1, 0.15) is 18.9 Å². The molecule has 0 aliphatic heterocycles. The van der Waals surface area contributed by atoms with Gasteiger partial charge in [0.1, 0.15) is 0 Å². The van der Waals surface area contributed by atoms with E-state index in [-0.39, 0.29) is 5.89 Å². The molecule has 2 rings (SSSR count). The van der Waals surface area contributed by atoms with Crippen LogP contribution in [0.2, 0.25) is 0 Å². The second-order valence-corrected chi connectivity index (χ2v) is 4.87. The van der Waals surface area contributed by atoms with Crippen molar-refractivity contribution >= 4 is 0 Å². The average Bonchev–Trinajstić information content (AvgIpc) is 2.96. The summed E-state index contributed by atoms with van der Waals surface area (Å²) >= 11 is 0. The first-order valence-corrected chi connectivity index (χ1v) is 6.48. The minimum Gasteiger partial charge on any atom is -0.382 e. The van der Waals surface area contributed by atoms with E-state index in [1.807, 2.05) is 0 Å². The summed E-state index contributed by atoms with van der Waals surface area (Å²) in [6, 6.07) is 2.87. The molecule has 1 N–H and O–H groups in total. The van der Waals surface area contributed by atoms with Crippen molar-refractivity contribution in [2.24, 2.45) is 0 Å². The van der Waals surface area contributed by atoms with E-state index in [4.69, 9.17) is 9.63 Å². The van der Waals surface area contributed by atoms with Crippen LogP contribution in [0, 0.1) is 0 Å². The molecule has 0 aliphatic rings. The second kappa shape index (κ2) is 6.41. The number of hydrogen-bond donors (Lipinski definition) is 1.